The Morgan fingerprint density at radius 2 is 2.33 bits per heavy atom. The van der Waals surface area contributed by atoms with Crippen LogP contribution in [0.3, 0.4) is 0 Å². The standard InChI is InChI=1S/C4H10NO/c1-2-4(6)3-5/h4,6H,1-3,5H2. The van der Waals surface area contributed by atoms with Crippen LogP contribution in [-0.2, 0) is 0 Å². The quantitative estimate of drug-likeness (QED) is 0.479. The van der Waals surface area contributed by atoms with Gasteiger partial charge in [0.15, 0.2) is 0 Å². The van der Waals surface area contributed by atoms with Crippen LogP contribution in [-0.4, -0.2) is 17.8 Å². The van der Waals surface area contributed by atoms with Crippen molar-refractivity contribution in [2.24, 2.45) is 5.73 Å². The minimum absolute atomic E-state index is 0.323. The van der Waals surface area contributed by atoms with E-state index in [4.69, 9.17) is 10.8 Å². The monoisotopic (exact) mass is 88.1 g/mol. The largest absolute Gasteiger partial charge is 0.392 e. The van der Waals surface area contributed by atoms with Gasteiger partial charge in [0.25, 0.3) is 0 Å². The van der Waals surface area contributed by atoms with Gasteiger partial charge >= 0.3 is 0 Å². The molecule has 0 amide bonds. The smallest absolute Gasteiger partial charge is 0.0662 e. The minimum Gasteiger partial charge on any atom is -0.392 e. The first-order chi connectivity index (χ1) is 2.81. The Bertz CT molecular complexity index is 26.7. The average Bonchev–Trinajstić information content (AvgIpc) is 1.65. The van der Waals surface area contributed by atoms with E-state index < -0.39 is 6.10 Å². The lowest BCUT2D eigenvalue weighted by Gasteiger charge is -1.98. The minimum atomic E-state index is -0.398. The van der Waals surface area contributed by atoms with Crippen molar-refractivity contribution in [3.8, 4) is 0 Å². The molecule has 0 aromatic rings. The third-order valence-electron chi connectivity index (χ3n) is 0.605. The van der Waals surface area contributed by atoms with Crippen LogP contribution in [0.4, 0.5) is 0 Å². The van der Waals surface area contributed by atoms with E-state index in [1.54, 1.807) is 0 Å². The summed E-state index contributed by atoms with van der Waals surface area (Å²) in [6.45, 7) is 3.75. The molecule has 0 heterocycles. The van der Waals surface area contributed by atoms with Gasteiger partial charge < -0.3 is 10.8 Å². The van der Waals surface area contributed by atoms with Crippen molar-refractivity contribution in [1.29, 1.82) is 0 Å². The van der Waals surface area contributed by atoms with Crippen LogP contribution in [0.25, 0.3) is 0 Å². The fraction of sp³-hybridized carbons (Fsp3) is 0.750. The van der Waals surface area contributed by atoms with Crippen molar-refractivity contribution < 1.29 is 5.11 Å². The highest BCUT2D eigenvalue weighted by Crippen LogP contribution is 1.81. The van der Waals surface area contributed by atoms with Gasteiger partial charge in [0.1, 0.15) is 0 Å². The van der Waals surface area contributed by atoms with Crippen molar-refractivity contribution in [2.75, 3.05) is 6.54 Å². The van der Waals surface area contributed by atoms with Gasteiger partial charge in [0.05, 0.1) is 6.10 Å². The van der Waals surface area contributed by atoms with Crippen LogP contribution in [0.15, 0.2) is 0 Å². The first-order valence-electron chi connectivity index (χ1n) is 1.98. The summed E-state index contributed by atoms with van der Waals surface area (Å²) in [5, 5.41) is 8.48. The summed E-state index contributed by atoms with van der Waals surface area (Å²) < 4.78 is 0. The van der Waals surface area contributed by atoms with Crippen molar-refractivity contribution in [3.63, 3.8) is 0 Å². The molecule has 0 aliphatic carbocycles. The molecule has 0 aromatic carbocycles. The second-order valence-electron chi connectivity index (χ2n) is 1.18. The molecule has 0 saturated carbocycles. The Labute approximate surface area is 38.0 Å². The molecule has 0 rings (SSSR count). The fourth-order valence-corrected chi connectivity index (χ4v) is 0.118. The van der Waals surface area contributed by atoms with E-state index in [0.29, 0.717) is 13.0 Å². The lowest BCUT2D eigenvalue weighted by Crippen LogP contribution is -2.17. The Balaban J connectivity index is 2.75. The predicted octanol–water partition coefficient (Wildman–Crippen LogP) is -0.470. The lowest BCUT2D eigenvalue weighted by molar-refractivity contribution is 0.185. The van der Waals surface area contributed by atoms with Gasteiger partial charge in [-0.1, -0.05) is 6.92 Å². The summed E-state index contributed by atoms with van der Waals surface area (Å²) in [5.74, 6) is 0. The molecule has 0 fully saturated rings. The highest BCUT2D eigenvalue weighted by atomic mass is 16.3. The van der Waals surface area contributed by atoms with Gasteiger partial charge in [-0.25, -0.2) is 0 Å². The first kappa shape index (κ1) is 5.92. The molecule has 0 aliphatic heterocycles. The van der Waals surface area contributed by atoms with E-state index >= 15 is 0 Å². The molecule has 0 saturated heterocycles. The van der Waals surface area contributed by atoms with Crippen molar-refractivity contribution in [2.45, 2.75) is 12.5 Å². The maximum atomic E-state index is 8.48. The SMILES string of the molecule is [CH2]CC(O)CN. The highest BCUT2D eigenvalue weighted by molar-refractivity contribution is 4.54. The zero-order valence-electron chi connectivity index (χ0n) is 3.72. The summed E-state index contributed by atoms with van der Waals surface area (Å²) in [6.07, 6.45) is 0.112. The van der Waals surface area contributed by atoms with E-state index in [1.165, 1.54) is 0 Å². The molecule has 6 heavy (non-hydrogen) atoms. The number of rotatable bonds is 2. The lowest BCUT2D eigenvalue weighted by atomic mass is 10.3. The van der Waals surface area contributed by atoms with Gasteiger partial charge in [-0.15, -0.1) is 0 Å². The second kappa shape index (κ2) is 3.12. The molecule has 3 N–H and O–H groups in total. The van der Waals surface area contributed by atoms with Crippen molar-refractivity contribution in [1.82, 2.24) is 0 Å². The topological polar surface area (TPSA) is 46.2 Å². The fourth-order valence-electron chi connectivity index (χ4n) is 0.118. The molecular weight excluding hydrogens is 78.1 g/mol. The van der Waals surface area contributed by atoms with Crippen molar-refractivity contribution in [3.05, 3.63) is 6.92 Å². The first-order valence-corrected chi connectivity index (χ1v) is 1.98. The number of hydrogen-bond donors (Lipinski definition) is 2. The van der Waals surface area contributed by atoms with Gasteiger partial charge in [-0.2, -0.15) is 0 Å². The van der Waals surface area contributed by atoms with Crippen molar-refractivity contribution >= 4 is 0 Å². The number of nitrogens with two attached hydrogens (primary N) is 1. The summed E-state index contributed by atoms with van der Waals surface area (Å²) >= 11 is 0. The molecule has 2 heteroatoms. The summed E-state index contributed by atoms with van der Waals surface area (Å²) in [7, 11) is 0. The molecular formula is C4H10NO. The van der Waals surface area contributed by atoms with E-state index in [1.807, 2.05) is 0 Å². The number of aliphatic hydroxyl groups is 1. The van der Waals surface area contributed by atoms with E-state index in [0.717, 1.165) is 0 Å². The van der Waals surface area contributed by atoms with Gasteiger partial charge in [-0.3, -0.25) is 0 Å². The third-order valence-corrected chi connectivity index (χ3v) is 0.605. The average molecular weight is 88.1 g/mol. The van der Waals surface area contributed by atoms with E-state index in [9.17, 15) is 0 Å². The molecule has 0 bridgehead atoms. The van der Waals surface area contributed by atoms with Gasteiger partial charge in [-0.05, 0) is 6.42 Å². The molecule has 0 spiro atoms. The summed E-state index contributed by atoms with van der Waals surface area (Å²) in [6, 6.07) is 0. The third kappa shape index (κ3) is 2.18. The molecule has 1 unspecified atom stereocenters. The number of hydrogen-bond acceptors (Lipinski definition) is 2. The molecule has 37 valence electrons. The van der Waals surface area contributed by atoms with Gasteiger partial charge in [0.2, 0.25) is 0 Å². The van der Waals surface area contributed by atoms with Crippen LogP contribution in [0, 0.1) is 6.92 Å². The Hall–Kier alpha value is -0.0800. The summed E-state index contributed by atoms with van der Waals surface area (Å²) in [5.41, 5.74) is 4.99. The van der Waals surface area contributed by atoms with Crippen LogP contribution >= 0.6 is 0 Å². The zero-order chi connectivity index (χ0) is 4.99. The van der Waals surface area contributed by atoms with Crippen LogP contribution < -0.4 is 5.73 Å². The molecule has 1 atom stereocenters. The normalized spacial score (nSPS) is 14.5. The predicted molar refractivity (Wildman–Crippen MR) is 25.0 cm³/mol. The van der Waals surface area contributed by atoms with E-state index in [2.05, 4.69) is 6.92 Å². The Morgan fingerprint density at radius 1 is 1.83 bits per heavy atom. The maximum Gasteiger partial charge on any atom is 0.0662 e. The maximum absolute atomic E-state index is 8.48. The Kier molecular flexibility index (Phi) is 3.08. The zero-order valence-corrected chi connectivity index (χ0v) is 3.72. The second-order valence-corrected chi connectivity index (χ2v) is 1.18. The van der Waals surface area contributed by atoms with Gasteiger partial charge in [0, 0.05) is 6.54 Å². The molecule has 1 radical (unpaired) electrons. The van der Waals surface area contributed by atoms with Crippen LogP contribution in [0.2, 0.25) is 0 Å². The molecule has 0 aliphatic rings. The van der Waals surface area contributed by atoms with Crippen LogP contribution in [0.5, 0.6) is 0 Å². The van der Waals surface area contributed by atoms with Crippen LogP contribution in [0.1, 0.15) is 6.42 Å². The molecule has 2 nitrogen and oxygen atoms in total. The Morgan fingerprint density at radius 3 is 2.33 bits per heavy atom. The summed E-state index contributed by atoms with van der Waals surface area (Å²) in [4.78, 5) is 0. The van der Waals surface area contributed by atoms with E-state index in [-0.39, 0.29) is 0 Å². The molecule has 0 aromatic heterocycles. The number of aliphatic hydroxyl groups excluding tert-OH is 1. The highest BCUT2D eigenvalue weighted by Gasteiger charge is 1.91.